The Balaban J connectivity index is 2.76. The van der Waals surface area contributed by atoms with Crippen molar-refractivity contribution in [3.63, 3.8) is 0 Å². The molecular formula is C10H15BrN2O2S. The standard InChI is InChI=1S/C10H15BrN2O2S/c1-8(7-12-2)16(14,15)13-10-5-3-9(11)4-6-10/h3-6,8,12-13H,7H2,1-2H3. The second-order valence-electron chi connectivity index (χ2n) is 3.52. The number of anilines is 1. The van der Waals surface area contributed by atoms with Gasteiger partial charge in [0.25, 0.3) is 0 Å². The van der Waals surface area contributed by atoms with Crippen LogP contribution in [0.4, 0.5) is 5.69 Å². The summed E-state index contributed by atoms with van der Waals surface area (Å²) in [7, 11) is -1.59. The Morgan fingerprint density at radius 1 is 1.31 bits per heavy atom. The van der Waals surface area contributed by atoms with Crippen molar-refractivity contribution in [2.24, 2.45) is 0 Å². The molecule has 1 aromatic carbocycles. The van der Waals surface area contributed by atoms with E-state index in [2.05, 4.69) is 26.0 Å². The predicted molar refractivity (Wildman–Crippen MR) is 70.1 cm³/mol. The monoisotopic (exact) mass is 306 g/mol. The van der Waals surface area contributed by atoms with Gasteiger partial charge in [-0.2, -0.15) is 0 Å². The Morgan fingerprint density at radius 3 is 2.38 bits per heavy atom. The number of nitrogens with one attached hydrogen (secondary N) is 2. The molecule has 1 aromatic rings. The largest absolute Gasteiger partial charge is 0.318 e. The first kappa shape index (κ1) is 13.5. The molecule has 0 bridgehead atoms. The number of benzene rings is 1. The van der Waals surface area contributed by atoms with Gasteiger partial charge in [-0.25, -0.2) is 8.42 Å². The molecule has 0 aliphatic heterocycles. The van der Waals surface area contributed by atoms with E-state index in [1.807, 2.05) is 0 Å². The molecule has 1 unspecified atom stereocenters. The summed E-state index contributed by atoms with van der Waals surface area (Å²) in [6.45, 7) is 2.09. The molecule has 0 aromatic heterocycles. The highest BCUT2D eigenvalue weighted by atomic mass is 79.9. The van der Waals surface area contributed by atoms with E-state index < -0.39 is 15.3 Å². The molecule has 0 fully saturated rings. The molecule has 0 spiro atoms. The minimum absolute atomic E-state index is 0.422. The fraction of sp³-hybridized carbons (Fsp3) is 0.400. The van der Waals surface area contributed by atoms with Crippen molar-refractivity contribution in [2.45, 2.75) is 12.2 Å². The van der Waals surface area contributed by atoms with Gasteiger partial charge in [-0.3, -0.25) is 4.72 Å². The molecule has 1 rings (SSSR count). The van der Waals surface area contributed by atoms with Gasteiger partial charge in [0.1, 0.15) is 0 Å². The summed E-state index contributed by atoms with van der Waals surface area (Å²) in [4.78, 5) is 0. The summed E-state index contributed by atoms with van der Waals surface area (Å²) in [6, 6.07) is 7.02. The van der Waals surface area contributed by atoms with E-state index in [9.17, 15) is 8.42 Å². The SMILES string of the molecule is CNCC(C)S(=O)(=O)Nc1ccc(Br)cc1. The van der Waals surface area contributed by atoms with Crippen LogP contribution in [-0.2, 0) is 10.0 Å². The third-order valence-corrected chi connectivity index (χ3v) is 4.40. The van der Waals surface area contributed by atoms with Gasteiger partial charge in [0.15, 0.2) is 0 Å². The van der Waals surface area contributed by atoms with Crippen LogP contribution in [0.2, 0.25) is 0 Å². The molecule has 0 aliphatic carbocycles. The van der Waals surface area contributed by atoms with E-state index >= 15 is 0 Å². The normalized spacial score (nSPS) is 13.4. The Labute approximate surface area is 105 Å². The number of rotatable bonds is 5. The van der Waals surface area contributed by atoms with Crippen molar-refractivity contribution >= 4 is 31.6 Å². The van der Waals surface area contributed by atoms with E-state index in [-0.39, 0.29) is 0 Å². The van der Waals surface area contributed by atoms with Gasteiger partial charge < -0.3 is 5.32 Å². The van der Waals surface area contributed by atoms with E-state index in [4.69, 9.17) is 0 Å². The maximum absolute atomic E-state index is 11.8. The summed E-state index contributed by atoms with van der Waals surface area (Å²) < 4.78 is 27.1. The lowest BCUT2D eigenvalue weighted by Crippen LogP contribution is -2.33. The summed E-state index contributed by atoms with van der Waals surface area (Å²) in [5.41, 5.74) is 0.575. The van der Waals surface area contributed by atoms with Gasteiger partial charge in [-0.05, 0) is 38.2 Å². The van der Waals surface area contributed by atoms with Crippen molar-refractivity contribution in [3.8, 4) is 0 Å². The molecule has 6 heteroatoms. The number of hydrogen-bond donors (Lipinski definition) is 2. The summed E-state index contributed by atoms with van der Waals surface area (Å²) in [5, 5.41) is 2.37. The average Bonchev–Trinajstić information content (AvgIpc) is 2.21. The predicted octanol–water partition coefficient (Wildman–Crippen LogP) is 1.80. The van der Waals surface area contributed by atoms with E-state index in [0.29, 0.717) is 12.2 Å². The molecular weight excluding hydrogens is 292 g/mol. The quantitative estimate of drug-likeness (QED) is 0.872. The van der Waals surface area contributed by atoms with Crippen molar-refractivity contribution in [1.29, 1.82) is 0 Å². The maximum Gasteiger partial charge on any atom is 0.236 e. The van der Waals surface area contributed by atoms with Gasteiger partial charge in [-0.15, -0.1) is 0 Å². The zero-order valence-corrected chi connectivity index (χ0v) is 11.6. The van der Waals surface area contributed by atoms with Gasteiger partial charge in [0.2, 0.25) is 10.0 Å². The summed E-state index contributed by atoms with van der Waals surface area (Å²) in [5.74, 6) is 0. The highest BCUT2D eigenvalue weighted by Gasteiger charge is 2.19. The maximum atomic E-state index is 11.8. The first-order valence-corrected chi connectivity index (χ1v) is 7.21. The van der Waals surface area contributed by atoms with Crippen LogP contribution in [0, 0.1) is 0 Å². The van der Waals surface area contributed by atoms with Crippen LogP contribution in [0.3, 0.4) is 0 Å². The minimum Gasteiger partial charge on any atom is -0.318 e. The lowest BCUT2D eigenvalue weighted by atomic mass is 10.3. The zero-order chi connectivity index (χ0) is 12.2. The van der Waals surface area contributed by atoms with Crippen LogP contribution in [0.5, 0.6) is 0 Å². The molecule has 0 aliphatic rings. The average molecular weight is 307 g/mol. The topological polar surface area (TPSA) is 58.2 Å². The Hall–Kier alpha value is -0.590. The summed E-state index contributed by atoms with van der Waals surface area (Å²) in [6.07, 6.45) is 0. The molecule has 0 saturated heterocycles. The van der Waals surface area contributed by atoms with Gasteiger partial charge in [0, 0.05) is 16.7 Å². The van der Waals surface area contributed by atoms with Crippen molar-refractivity contribution < 1.29 is 8.42 Å². The fourth-order valence-corrected chi connectivity index (χ4v) is 2.50. The smallest absolute Gasteiger partial charge is 0.236 e. The molecule has 0 saturated carbocycles. The fourth-order valence-electron chi connectivity index (χ4n) is 1.18. The third kappa shape index (κ3) is 3.77. The summed E-state index contributed by atoms with van der Waals surface area (Å²) >= 11 is 3.29. The van der Waals surface area contributed by atoms with Crippen LogP contribution < -0.4 is 10.0 Å². The third-order valence-electron chi connectivity index (χ3n) is 2.13. The van der Waals surface area contributed by atoms with Crippen LogP contribution in [0.25, 0.3) is 0 Å². The first-order valence-electron chi connectivity index (χ1n) is 4.87. The minimum atomic E-state index is -3.32. The molecule has 90 valence electrons. The van der Waals surface area contributed by atoms with Crippen molar-refractivity contribution in [3.05, 3.63) is 28.7 Å². The van der Waals surface area contributed by atoms with Gasteiger partial charge in [0.05, 0.1) is 5.25 Å². The molecule has 2 N–H and O–H groups in total. The first-order chi connectivity index (χ1) is 7.45. The number of hydrogen-bond acceptors (Lipinski definition) is 3. The van der Waals surface area contributed by atoms with Crippen LogP contribution >= 0.6 is 15.9 Å². The van der Waals surface area contributed by atoms with Gasteiger partial charge in [-0.1, -0.05) is 15.9 Å². The Bertz CT molecular complexity index is 431. The molecule has 4 nitrogen and oxygen atoms in total. The van der Waals surface area contributed by atoms with Gasteiger partial charge >= 0.3 is 0 Å². The molecule has 16 heavy (non-hydrogen) atoms. The molecule has 1 atom stereocenters. The number of halogens is 1. The zero-order valence-electron chi connectivity index (χ0n) is 9.20. The Kier molecular flexibility index (Phi) is 4.76. The van der Waals surface area contributed by atoms with E-state index in [1.165, 1.54) is 0 Å². The van der Waals surface area contributed by atoms with Crippen LogP contribution in [0.15, 0.2) is 28.7 Å². The number of sulfonamides is 1. The van der Waals surface area contributed by atoms with Crippen molar-refractivity contribution in [2.75, 3.05) is 18.3 Å². The Morgan fingerprint density at radius 2 is 1.88 bits per heavy atom. The molecule has 0 radical (unpaired) electrons. The van der Waals surface area contributed by atoms with Crippen LogP contribution in [0.1, 0.15) is 6.92 Å². The lowest BCUT2D eigenvalue weighted by molar-refractivity contribution is 0.584. The van der Waals surface area contributed by atoms with Crippen LogP contribution in [-0.4, -0.2) is 27.3 Å². The van der Waals surface area contributed by atoms with Crippen molar-refractivity contribution in [1.82, 2.24) is 5.32 Å². The highest BCUT2D eigenvalue weighted by Crippen LogP contribution is 2.16. The van der Waals surface area contributed by atoms with E-state index in [0.717, 1.165) is 4.47 Å². The highest BCUT2D eigenvalue weighted by molar-refractivity contribution is 9.10. The second-order valence-corrected chi connectivity index (χ2v) is 6.54. The lowest BCUT2D eigenvalue weighted by Gasteiger charge is -2.14. The molecule has 0 heterocycles. The second kappa shape index (κ2) is 5.65. The molecule has 0 amide bonds. The van der Waals surface area contributed by atoms with E-state index in [1.54, 1.807) is 38.2 Å².